The van der Waals surface area contributed by atoms with Crippen LogP contribution in [0.5, 0.6) is 0 Å². The molecular weight excluding hydrogens is 619 g/mol. The first-order chi connectivity index (χ1) is 22.2. The largest absolute Gasteiger partial charge is 0.444 e. The zero-order chi connectivity index (χ0) is 34.3. The zero-order valence-electron chi connectivity index (χ0n) is 29.7. The number of allylic oxidation sites excluding steroid dienone is 1. The van der Waals surface area contributed by atoms with E-state index in [1.165, 1.54) is 10.4 Å². The van der Waals surface area contributed by atoms with E-state index < -0.39 is 28.8 Å². The number of nitrogens with zero attached hydrogens (tertiary/aromatic N) is 1. The summed E-state index contributed by atoms with van der Waals surface area (Å²) >= 11 is 0. The van der Waals surface area contributed by atoms with E-state index in [9.17, 15) is 9.90 Å². The molecule has 0 fully saturated rings. The van der Waals surface area contributed by atoms with E-state index in [-0.39, 0.29) is 22.7 Å². The van der Waals surface area contributed by atoms with Gasteiger partial charge in [-0.25, -0.2) is 4.79 Å². The summed E-state index contributed by atoms with van der Waals surface area (Å²) in [5, 5.41) is 13.4. The maximum absolute atomic E-state index is 13.8. The average Bonchev–Trinajstić information content (AvgIpc) is 3.03. The van der Waals surface area contributed by atoms with Gasteiger partial charge in [-0.3, -0.25) is 4.90 Å². The van der Waals surface area contributed by atoms with Gasteiger partial charge in [0.1, 0.15) is 6.61 Å². The molecular formula is C39H55NO5Si2. The maximum atomic E-state index is 13.8. The molecule has 6 nitrogen and oxygen atoms in total. The highest BCUT2D eigenvalue weighted by molar-refractivity contribution is 6.99. The van der Waals surface area contributed by atoms with E-state index in [0.29, 0.717) is 32.5 Å². The van der Waals surface area contributed by atoms with Gasteiger partial charge in [0.15, 0.2) is 8.32 Å². The third kappa shape index (κ3) is 8.92. The SMILES string of the molecule is CC(C)(C)[Si](C)(C)OC[C@H]1C[C@H](O)C=C(CCCO[Si](c2ccccc2)(c2ccccc2)C(C)(C)C)N1C(=O)OCc1ccccc1. The average molecular weight is 674 g/mol. The minimum absolute atomic E-state index is 0.0237. The molecule has 1 N–H and O–H groups in total. The topological polar surface area (TPSA) is 68.2 Å². The second-order valence-electron chi connectivity index (χ2n) is 15.2. The summed E-state index contributed by atoms with van der Waals surface area (Å²) in [6.07, 6.45) is 2.37. The van der Waals surface area contributed by atoms with Crippen molar-refractivity contribution in [3.05, 3.63) is 108 Å². The standard InChI is InChI=1S/C39H55NO5Si2/c1-38(2,3)46(7,8)45-30-33-28-34(41)27-32(40(33)37(42)43-29-31-19-12-9-13-20-31)21-18-26-44-47(39(4,5)6,35-22-14-10-15-23-35)36-24-16-11-17-25-36/h9-17,19-20,22-25,27,33-34,41H,18,21,26,28-30H2,1-8H3/t33-,34-/m1/s1. The highest BCUT2D eigenvalue weighted by Gasteiger charge is 2.50. The molecule has 3 aromatic carbocycles. The summed E-state index contributed by atoms with van der Waals surface area (Å²) in [5.74, 6) is 0. The van der Waals surface area contributed by atoms with E-state index >= 15 is 0 Å². The van der Waals surface area contributed by atoms with Crippen LogP contribution in [0.15, 0.2) is 103 Å². The molecule has 0 spiro atoms. The molecule has 1 heterocycles. The molecule has 0 unspecified atom stereocenters. The van der Waals surface area contributed by atoms with Crippen molar-refractivity contribution < 1.29 is 23.5 Å². The van der Waals surface area contributed by atoms with Crippen LogP contribution in [0, 0.1) is 0 Å². The first kappa shape index (κ1) is 36.8. The smallest absolute Gasteiger partial charge is 0.414 e. The lowest BCUT2D eigenvalue weighted by atomic mass is 9.99. The molecule has 2 atom stereocenters. The Labute approximate surface area is 285 Å². The van der Waals surface area contributed by atoms with E-state index in [2.05, 4.69) is 103 Å². The van der Waals surface area contributed by atoms with Crippen molar-refractivity contribution in [3.63, 3.8) is 0 Å². The Morgan fingerprint density at radius 1 is 0.809 bits per heavy atom. The number of carbonyl (C=O) groups excluding carboxylic acids is 1. The van der Waals surface area contributed by atoms with Crippen LogP contribution < -0.4 is 10.4 Å². The van der Waals surface area contributed by atoms with Crippen molar-refractivity contribution >= 4 is 33.1 Å². The molecule has 3 aromatic rings. The number of hydrogen-bond donors (Lipinski definition) is 1. The fraction of sp³-hybridized carbons (Fsp3) is 0.462. The van der Waals surface area contributed by atoms with E-state index in [4.69, 9.17) is 13.6 Å². The second-order valence-corrected chi connectivity index (χ2v) is 24.3. The fourth-order valence-corrected chi connectivity index (χ4v) is 11.8. The van der Waals surface area contributed by atoms with E-state index in [0.717, 1.165) is 11.3 Å². The molecule has 1 aliphatic heterocycles. The number of aliphatic hydroxyl groups excluding tert-OH is 1. The Morgan fingerprint density at radius 2 is 1.34 bits per heavy atom. The van der Waals surface area contributed by atoms with Crippen LogP contribution in [0.25, 0.3) is 0 Å². The van der Waals surface area contributed by atoms with Gasteiger partial charge in [-0.05, 0) is 58.0 Å². The number of rotatable bonds is 12. The molecule has 47 heavy (non-hydrogen) atoms. The third-order valence-electron chi connectivity index (χ3n) is 9.73. The molecule has 1 aliphatic rings. The first-order valence-corrected chi connectivity index (χ1v) is 21.7. The third-order valence-corrected chi connectivity index (χ3v) is 19.3. The number of hydrogen-bond acceptors (Lipinski definition) is 5. The Hall–Kier alpha value is -3.02. The fourth-order valence-electron chi connectivity index (χ4n) is 6.15. The lowest BCUT2D eigenvalue weighted by Gasteiger charge is -2.43. The van der Waals surface area contributed by atoms with Gasteiger partial charge >= 0.3 is 6.09 Å². The molecule has 0 radical (unpaired) electrons. The Balaban J connectivity index is 1.57. The van der Waals surface area contributed by atoms with Crippen molar-refractivity contribution in [2.75, 3.05) is 13.2 Å². The van der Waals surface area contributed by atoms with E-state index in [1.54, 1.807) is 4.90 Å². The zero-order valence-corrected chi connectivity index (χ0v) is 31.7. The molecule has 0 aromatic heterocycles. The normalized spacial score (nSPS) is 17.7. The van der Waals surface area contributed by atoms with Crippen LogP contribution >= 0.6 is 0 Å². The highest BCUT2D eigenvalue weighted by Crippen LogP contribution is 2.39. The van der Waals surface area contributed by atoms with Crippen LogP contribution in [0.2, 0.25) is 23.2 Å². The number of aliphatic hydroxyl groups is 1. The van der Waals surface area contributed by atoms with Gasteiger partial charge in [0.2, 0.25) is 0 Å². The molecule has 0 saturated heterocycles. The highest BCUT2D eigenvalue weighted by atomic mass is 28.4. The van der Waals surface area contributed by atoms with Crippen LogP contribution in [0.1, 0.15) is 66.4 Å². The van der Waals surface area contributed by atoms with Gasteiger partial charge in [0, 0.05) is 18.7 Å². The molecule has 0 aliphatic carbocycles. The Morgan fingerprint density at radius 3 is 1.85 bits per heavy atom. The molecule has 8 heteroatoms. The minimum Gasteiger partial charge on any atom is -0.444 e. The first-order valence-electron chi connectivity index (χ1n) is 16.9. The Kier molecular flexibility index (Phi) is 12.1. The van der Waals surface area contributed by atoms with Gasteiger partial charge in [-0.2, -0.15) is 0 Å². The van der Waals surface area contributed by atoms with Gasteiger partial charge in [-0.15, -0.1) is 0 Å². The van der Waals surface area contributed by atoms with Crippen molar-refractivity contribution in [2.24, 2.45) is 0 Å². The predicted octanol–water partition coefficient (Wildman–Crippen LogP) is 8.02. The van der Waals surface area contributed by atoms with Crippen LogP contribution in [0.3, 0.4) is 0 Å². The molecule has 0 bridgehead atoms. The summed E-state index contributed by atoms with van der Waals surface area (Å²) in [5.41, 5.74) is 1.69. The predicted molar refractivity (Wildman–Crippen MR) is 197 cm³/mol. The summed E-state index contributed by atoms with van der Waals surface area (Å²) in [7, 11) is -4.79. The number of ether oxygens (including phenoxy) is 1. The quantitative estimate of drug-likeness (QED) is 0.156. The van der Waals surface area contributed by atoms with Gasteiger partial charge in [0.05, 0.1) is 18.8 Å². The van der Waals surface area contributed by atoms with Crippen molar-refractivity contribution in [2.45, 2.75) is 103 Å². The van der Waals surface area contributed by atoms with Crippen LogP contribution in [-0.4, -0.2) is 58.1 Å². The lowest BCUT2D eigenvalue weighted by molar-refractivity contribution is 0.0541. The van der Waals surface area contributed by atoms with Crippen molar-refractivity contribution in [1.29, 1.82) is 0 Å². The summed E-state index contributed by atoms with van der Waals surface area (Å²) in [6, 6.07) is 30.6. The van der Waals surface area contributed by atoms with Crippen LogP contribution in [0.4, 0.5) is 4.79 Å². The van der Waals surface area contributed by atoms with Crippen LogP contribution in [-0.2, 0) is 20.2 Å². The number of benzene rings is 3. The summed E-state index contributed by atoms with van der Waals surface area (Å²) in [6.45, 7) is 18.9. The molecule has 0 saturated carbocycles. The summed E-state index contributed by atoms with van der Waals surface area (Å²) in [4.78, 5) is 15.6. The molecule has 4 rings (SSSR count). The van der Waals surface area contributed by atoms with Crippen molar-refractivity contribution in [3.8, 4) is 0 Å². The van der Waals surface area contributed by atoms with Gasteiger partial charge in [-0.1, -0.05) is 133 Å². The summed E-state index contributed by atoms with van der Waals surface area (Å²) < 4.78 is 19.6. The minimum atomic E-state index is -2.69. The number of amides is 1. The lowest BCUT2D eigenvalue weighted by Crippen LogP contribution is -2.66. The maximum Gasteiger partial charge on any atom is 0.414 e. The monoisotopic (exact) mass is 673 g/mol. The molecule has 254 valence electrons. The van der Waals surface area contributed by atoms with Crippen molar-refractivity contribution in [1.82, 2.24) is 4.90 Å². The van der Waals surface area contributed by atoms with Gasteiger partial charge < -0.3 is 18.7 Å². The Bertz CT molecular complexity index is 1410. The number of carbonyl (C=O) groups is 1. The van der Waals surface area contributed by atoms with E-state index in [1.807, 2.05) is 48.5 Å². The molecule has 1 amide bonds. The second kappa shape index (κ2) is 15.5. The van der Waals surface area contributed by atoms with Gasteiger partial charge in [0.25, 0.3) is 8.32 Å².